The number of rotatable bonds is 5. The molecule has 3 aromatic rings. The van der Waals surface area contributed by atoms with E-state index in [0.29, 0.717) is 18.3 Å². The van der Waals surface area contributed by atoms with Gasteiger partial charge in [-0.2, -0.15) is 10.2 Å². The molecule has 8 nitrogen and oxygen atoms in total. The summed E-state index contributed by atoms with van der Waals surface area (Å²) >= 11 is 0. The van der Waals surface area contributed by atoms with Gasteiger partial charge in [0, 0.05) is 19.3 Å². The molecule has 1 aliphatic rings. The Morgan fingerprint density at radius 1 is 1.27 bits per heavy atom. The van der Waals surface area contributed by atoms with Gasteiger partial charge in [-0.05, 0) is 43.1 Å². The maximum atomic E-state index is 12.3. The zero-order valence-corrected chi connectivity index (χ0v) is 14.4. The average molecular weight is 351 g/mol. The smallest absolute Gasteiger partial charge is 0.272 e. The van der Waals surface area contributed by atoms with Crippen LogP contribution < -0.4 is 10.6 Å². The summed E-state index contributed by atoms with van der Waals surface area (Å²) in [5.41, 5.74) is 2.39. The standard InChI is InChI=1S/C18H21N7O/c26-18(17-7-9-24(23-17)16-2-1-8-19-11-16)21-10-14-3-5-15(6-4-14)25-13-20-12-22-25/h3-7,9,12-13,16,19H,1-2,8,10-11H2,(H,21,26). The highest BCUT2D eigenvalue weighted by Crippen LogP contribution is 2.15. The number of nitrogens with one attached hydrogen (secondary N) is 2. The molecule has 1 aromatic carbocycles. The van der Waals surface area contributed by atoms with Crippen molar-refractivity contribution in [2.24, 2.45) is 0 Å². The number of hydrogen-bond donors (Lipinski definition) is 2. The Hall–Kier alpha value is -3.00. The molecule has 4 rings (SSSR count). The Morgan fingerprint density at radius 3 is 2.88 bits per heavy atom. The van der Waals surface area contributed by atoms with Gasteiger partial charge in [-0.1, -0.05) is 12.1 Å². The fourth-order valence-corrected chi connectivity index (χ4v) is 3.10. The molecule has 0 bridgehead atoms. The quantitative estimate of drug-likeness (QED) is 0.724. The van der Waals surface area contributed by atoms with Crippen molar-refractivity contribution in [2.75, 3.05) is 13.1 Å². The monoisotopic (exact) mass is 351 g/mol. The lowest BCUT2D eigenvalue weighted by molar-refractivity contribution is 0.0944. The van der Waals surface area contributed by atoms with Gasteiger partial charge in [0.15, 0.2) is 0 Å². The van der Waals surface area contributed by atoms with E-state index in [9.17, 15) is 4.79 Å². The maximum absolute atomic E-state index is 12.3. The number of aromatic nitrogens is 5. The lowest BCUT2D eigenvalue weighted by Gasteiger charge is -2.22. The molecule has 1 unspecified atom stereocenters. The minimum absolute atomic E-state index is 0.159. The molecular formula is C18H21N7O. The van der Waals surface area contributed by atoms with E-state index in [-0.39, 0.29) is 5.91 Å². The first-order valence-corrected chi connectivity index (χ1v) is 8.77. The summed E-state index contributed by atoms with van der Waals surface area (Å²) in [7, 11) is 0. The largest absolute Gasteiger partial charge is 0.347 e. The Bertz CT molecular complexity index is 848. The van der Waals surface area contributed by atoms with Gasteiger partial charge in [-0.25, -0.2) is 9.67 Å². The van der Waals surface area contributed by atoms with Crippen molar-refractivity contribution in [2.45, 2.75) is 25.4 Å². The minimum atomic E-state index is -0.159. The van der Waals surface area contributed by atoms with Crippen molar-refractivity contribution < 1.29 is 4.79 Å². The molecule has 1 amide bonds. The van der Waals surface area contributed by atoms with Crippen LogP contribution in [0.4, 0.5) is 0 Å². The van der Waals surface area contributed by atoms with Crippen LogP contribution in [0.3, 0.4) is 0 Å². The van der Waals surface area contributed by atoms with Crippen LogP contribution in [0.15, 0.2) is 49.2 Å². The first kappa shape index (κ1) is 16.5. The summed E-state index contributed by atoms with van der Waals surface area (Å²) in [6.07, 6.45) is 7.26. The van der Waals surface area contributed by atoms with Crippen LogP contribution in [-0.4, -0.2) is 43.5 Å². The molecule has 3 heterocycles. The average Bonchev–Trinajstić information content (AvgIpc) is 3.39. The van der Waals surface area contributed by atoms with E-state index in [2.05, 4.69) is 25.8 Å². The molecule has 1 atom stereocenters. The molecule has 0 radical (unpaired) electrons. The van der Waals surface area contributed by atoms with Crippen LogP contribution in [0.25, 0.3) is 5.69 Å². The van der Waals surface area contributed by atoms with Crippen LogP contribution in [-0.2, 0) is 6.54 Å². The number of benzene rings is 1. The van der Waals surface area contributed by atoms with Gasteiger partial charge in [-0.3, -0.25) is 9.48 Å². The Kier molecular flexibility index (Phi) is 4.74. The lowest BCUT2D eigenvalue weighted by atomic mass is 10.1. The third-order valence-electron chi connectivity index (χ3n) is 4.56. The number of carbonyl (C=O) groups excluding carboxylic acids is 1. The van der Waals surface area contributed by atoms with Crippen LogP contribution in [0.5, 0.6) is 0 Å². The molecule has 1 aliphatic heterocycles. The van der Waals surface area contributed by atoms with Crippen LogP contribution in [0.1, 0.15) is 34.9 Å². The molecule has 1 saturated heterocycles. The molecule has 2 aromatic heterocycles. The number of nitrogens with zero attached hydrogens (tertiary/aromatic N) is 5. The second kappa shape index (κ2) is 7.49. The second-order valence-corrected chi connectivity index (χ2v) is 6.37. The van der Waals surface area contributed by atoms with Crippen molar-refractivity contribution in [3.05, 3.63) is 60.4 Å². The summed E-state index contributed by atoms with van der Waals surface area (Å²) in [4.78, 5) is 16.3. The van der Waals surface area contributed by atoms with Gasteiger partial charge in [0.25, 0.3) is 5.91 Å². The number of carbonyl (C=O) groups is 1. The second-order valence-electron chi connectivity index (χ2n) is 6.37. The Balaban J connectivity index is 1.34. The highest BCUT2D eigenvalue weighted by molar-refractivity contribution is 5.92. The van der Waals surface area contributed by atoms with Crippen molar-refractivity contribution >= 4 is 5.91 Å². The molecule has 0 aliphatic carbocycles. The first-order chi connectivity index (χ1) is 12.8. The third kappa shape index (κ3) is 3.65. The van der Waals surface area contributed by atoms with Crippen molar-refractivity contribution in [1.29, 1.82) is 0 Å². The van der Waals surface area contributed by atoms with Crippen LogP contribution in [0, 0.1) is 0 Å². The predicted molar refractivity (Wildman–Crippen MR) is 95.9 cm³/mol. The van der Waals surface area contributed by atoms with Gasteiger partial charge >= 0.3 is 0 Å². The number of piperidine rings is 1. The summed E-state index contributed by atoms with van der Waals surface area (Å²) < 4.78 is 3.59. The van der Waals surface area contributed by atoms with Crippen LogP contribution >= 0.6 is 0 Å². The van der Waals surface area contributed by atoms with E-state index >= 15 is 0 Å². The molecule has 1 fully saturated rings. The Labute approximate surface area is 151 Å². The highest BCUT2D eigenvalue weighted by atomic mass is 16.1. The zero-order chi connectivity index (χ0) is 17.8. The summed E-state index contributed by atoms with van der Waals surface area (Å²) in [5.74, 6) is -0.159. The van der Waals surface area contributed by atoms with E-state index < -0.39 is 0 Å². The summed E-state index contributed by atoms with van der Waals surface area (Å²) in [6, 6.07) is 9.92. The molecule has 134 valence electrons. The van der Waals surface area contributed by atoms with Crippen molar-refractivity contribution in [1.82, 2.24) is 35.2 Å². The van der Waals surface area contributed by atoms with Gasteiger partial charge in [0.05, 0.1) is 11.7 Å². The molecule has 8 heteroatoms. The number of amides is 1. The van der Waals surface area contributed by atoms with Crippen molar-refractivity contribution in [3.8, 4) is 5.69 Å². The highest BCUT2D eigenvalue weighted by Gasteiger charge is 2.17. The summed E-state index contributed by atoms with van der Waals surface area (Å²) in [6.45, 7) is 2.41. The first-order valence-electron chi connectivity index (χ1n) is 8.77. The Morgan fingerprint density at radius 2 is 2.15 bits per heavy atom. The predicted octanol–water partition coefficient (Wildman–Crippen LogP) is 1.32. The van der Waals surface area contributed by atoms with Gasteiger partial charge < -0.3 is 10.6 Å². The van der Waals surface area contributed by atoms with Gasteiger partial charge in [-0.15, -0.1) is 0 Å². The maximum Gasteiger partial charge on any atom is 0.272 e. The van der Waals surface area contributed by atoms with E-state index in [4.69, 9.17) is 0 Å². The van der Waals surface area contributed by atoms with Gasteiger partial charge in [0.2, 0.25) is 0 Å². The van der Waals surface area contributed by atoms with Crippen molar-refractivity contribution in [3.63, 3.8) is 0 Å². The molecular weight excluding hydrogens is 330 g/mol. The van der Waals surface area contributed by atoms with E-state index in [1.165, 1.54) is 6.33 Å². The normalized spacial score (nSPS) is 17.2. The molecule has 0 spiro atoms. The topological polar surface area (TPSA) is 89.7 Å². The fraction of sp³-hybridized carbons (Fsp3) is 0.333. The number of hydrogen-bond acceptors (Lipinski definition) is 5. The van der Waals surface area contributed by atoms with E-state index in [1.54, 1.807) is 17.1 Å². The van der Waals surface area contributed by atoms with Crippen LogP contribution in [0.2, 0.25) is 0 Å². The molecule has 26 heavy (non-hydrogen) atoms. The third-order valence-corrected chi connectivity index (χ3v) is 4.56. The van der Waals surface area contributed by atoms with E-state index in [0.717, 1.165) is 37.2 Å². The molecule has 0 saturated carbocycles. The fourth-order valence-electron chi connectivity index (χ4n) is 3.10. The SMILES string of the molecule is O=C(NCc1ccc(-n2cncn2)cc1)c1ccn(C2CCCNC2)n1. The molecule has 2 N–H and O–H groups in total. The van der Waals surface area contributed by atoms with Gasteiger partial charge in [0.1, 0.15) is 18.3 Å². The minimum Gasteiger partial charge on any atom is -0.347 e. The lowest BCUT2D eigenvalue weighted by Crippen LogP contribution is -2.32. The summed E-state index contributed by atoms with van der Waals surface area (Å²) in [5, 5.41) is 14.8. The zero-order valence-electron chi connectivity index (χ0n) is 14.4. The van der Waals surface area contributed by atoms with E-state index in [1.807, 2.05) is 35.1 Å².